The van der Waals surface area contributed by atoms with Gasteiger partial charge in [-0.25, -0.2) is 4.99 Å². The summed E-state index contributed by atoms with van der Waals surface area (Å²) in [7, 11) is 1.53. The van der Waals surface area contributed by atoms with Gasteiger partial charge >= 0.3 is 0 Å². The van der Waals surface area contributed by atoms with Crippen molar-refractivity contribution in [1.29, 1.82) is 5.26 Å². The number of carbonyl (C=O) groups is 1. The number of ether oxygens (including phenoxy) is 2. The number of aliphatic imine (C=N–C) groups is 1. The van der Waals surface area contributed by atoms with Crippen LogP contribution in [-0.2, 0) is 4.79 Å². The largest absolute Gasteiger partial charge is 0.493 e. The van der Waals surface area contributed by atoms with Gasteiger partial charge in [-0.3, -0.25) is 4.79 Å². The molecule has 6 nitrogen and oxygen atoms in total. The van der Waals surface area contributed by atoms with E-state index in [-0.39, 0.29) is 12.5 Å². The molecule has 1 aliphatic rings. The molecule has 1 heterocycles. The van der Waals surface area contributed by atoms with Crippen LogP contribution in [-0.4, -0.2) is 24.8 Å². The Labute approximate surface area is 167 Å². The van der Waals surface area contributed by atoms with Gasteiger partial charge in [-0.15, -0.1) is 0 Å². The Balaban J connectivity index is 1.84. The van der Waals surface area contributed by atoms with E-state index in [1.54, 1.807) is 24.3 Å². The summed E-state index contributed by atoms with van der Waals surface area (Å²) in [4.78, 5) is 17.4. The molecular formula is C21H19N3O3S. The maximum atomic E-state index is 12.3. The lowest BCUT2D eigenvalue weighted by Crippen LogP contribution is -2.19. The zero-order valence-corrected chi connectivity index (χ0v) is 16.6. The number of carbonyl (C=O) groups excluding carboxylic acids is 1. The molecule has 0 bridgehead atoms. The fraction of sp³-hybridized carbons (Fsp3) is 0.190. The van der Waals surface area contributed by atoms with E-state index in [1.165, 1.54) is 18.9 Å². The number of amides is 1. The molecule has 0 aromatic heterocycles. The van der Waals surface area contributed by atoms with Crippen molar-refractivity contribution in [1.82, 2.24) is 5.32 Å². The van der Waals surface area contributed by atoms with E-state index in [0.717, 1.165) is 22.4 Å². The molecule has 28 heavy (non-hydrogen) atoms. The Hall–Kier alpha value is -3.24. The molecule has 1 fully saturated rings. The van der Waals surface area contributed by atoms with Crippen molar-refractivity contribution in [3.05, 3.63) is 58.0 Å². The van der Waals surface area contributed by atoms with Gasteiger partial charge in [0.05, 0.1) is 17.7 Å². The summed E-state index contributed by atoms with van der Waals surface area (Å²) < 4.78 is 10.6. The summed E-state index contributed by atoms with van der Waals surface area (Å²) in [6.07, 6.45) is 1.77. The first-order chi connectivity index (χ1) is 13.5. The van der Waals surface area contributed by atoms with E-state index >= 15 is 0 Å². The summed E-state index contributed by atoms with van der Waals surface area (Å²) in [6, 6.07) is 13.1. The molecular weight excluding hydrogens is 374 g/mol. The van der Waals surface area contributed by atoms with E-state index in [1.807, 2.05) is 38.1 Å². The first-order valence-electron chi connectivity index (χ1n) is 8.55. The second kappa shape index (κ2) is 8.63. The third kappa shape index (κ3) is 4.35. The van der Waals surface area contributed by atoms with Crippen molar-refractivity contribution < 1.29 is 14.3 Å². The third-order valence-corrected chi connectivity index (χ3v) is 5.14. The number of hydrogen-bond donors (Lipinski definition) is 1. The van der Waals surface area contributed by atoms with Crippen LogP contribution in [0.1, 0.15) is 16.7 Å². The first kappa shape index (κ1) is 19.5. The van der Waals surface area contributed by atoms with Crippen LogP contribution in [0.25, 0.3) is 6.08 Å². The molecule has 0 unspecified atom stereocenters. The highest BCUT2D eigenvalue weighted by atomic mass is 32.2. The highest BCUT2D eigenvalue weighted by Crippen LogP contribution is 2.32. The van der Waals surface area contributed by atoms with Crippen molar-refractivity contribution in [2.24, 2.45) is 4.99 Å². The number of rotatable bonds is 5. The van der Waals surface area contributed by atoms with Crippen molar-refractivity contribution in [2.75, 3.05) is 13.7 Å². The summed E-state index contributed by atoms with van der Waals surface area (Å²) in [5, 5.41) is 12.0. The molecule has 1 amide bonds. The monoisotopic (exact) mass is 393 g/mol. The van der Waals surface area contributed by atoms with Crippen LogP contribution in [0, 0.1) is 25.2 Å². The van der Waals surface area contributed by atoms with Crippen molar-refractivity contribution in [2.45, 2.75) is 13.8 Å². The number of amidine groups is 1. The zero-order valence-electron chi connectivity index (χ0n) is 15.8. The number of nitrogens with zero attached hydrogens (tertiary/aromatic N) is 2. The number of methoxy groups -OCH3 is 1. The van der Waals surface area contributed by atoms with Gasteiger partial charge in [-0.2, -0.15) is 5.26 Å². The van der Waals surface area contributed by atoms with Crippen LogP contribution in [0.3, 0.4) is 0 Å². The molecule has 1 aliphatic heterocycles. The van der Waals surface area contributed by atoms with Gasteiger partial charge in [0, 0.05) is 0 Å². The molecule has 0 atom stereocenters. The first-order valence-corrected chi connectivity index (χ1v) is 9.37. The lowest BCUT2D eigenvalue weighted by atomic mass is 10.1. The summed E-state index contributed by atoms with van der Waals surface area (Å²) in [5.74, 6) is 0.780. The van der Waals surface area contributed by atoms with Gasteiger partial charge in [0.15, 0.2) is 23.3 Å². The third-order valence-electron chi connectivity index (χ3n) is 4.23. The fourth-order valence-electron chi connectivity index (χ4n) is 2.60. The molecule has 0 spiro atoms. The molecule has 0 aliphatic carbocycles. The lowest BCUT2D eigenvalue weighted by Gasteiger charge is -2.09. The van der Waals surface area contributed by atoms with Gasteiger partial charge in [-0.05, 0) is 66.6 Å². The molecule has 3 rings (SSSR count). The Morgan fingerprint density at radius 2 is 2.07 bits per heavy atom. The topological polar surface area (TPSA) is 83.7 Å². The van der Waals surface area contributed by atoms with Gasteiger partial charge in [0.1, 0.15) is 6.07 Å². The Morgan fingerprint density at radius 1 is 1.25 bits per heavy atom. The second-order valence-electron chi connectivity index (χ2n) is 6.06. The minimum absolute atomic E-state index is 0.0622. The highest BCUT2D eigenvalue weighted by molar-refractivity contribution is 8.18. The smallest absolute Gasteiger partial charge is 0.264 e. The summed E-state index contributed by atoms with van der Waals surface area (Å²) in [5.41, 5.74) is 3.86. The van der Waals surface area contributed by atoms with E-state index in [4.69, 9.17) is 14.7 Å². The van der Waals surface area contributed by atoms with E-state index < -0.39 is 0 Å². The minimum atomic E-state index is -0.196. The SMILES string of the molecule is COc1cc(/C=C2\SC(=Nc3cccc(C)c3C)NC2=O)ccc1OCC#N. The van der Waals surface area contributed by atoms with Crippen LogP contribution in [0.15, 0.2) is 46.3 Å². The zero-order chi connectivity index (χ0) is 20.1. The van der Waals surface area contributed by atoms with Crippen molar-refractivity contribution in [3.8, 4) is 17.6 Å². The molecule has 1 N–H and O–H groups in total. The quantitative estimate of drug-likeness (QED) is 0.773. The lowest BCUT2D eigenvalue weighted by molar-refractivity contribution is -0.115. The second-order valence-corrected chi connectivity index (χ2v) is 7.09. The van der Waals surface area contributed by atoms with Crippen LogP contribution in [0.4, 0.5) is 5.69 Å². The molecule has 7 heteroatoms. The molecule has 0 radical (unpaired) electrons. The molecule has 142 valence electrons. The normalized spacial score (nSPS) is 16.1. The van der Waals surface area contributed by atoms with E-state index in [0.29, 0.717) is 21.6 Å². The predicted molar refractivity (Wildman–Crippen MR) is 111 cm³/mol. The van der Waals surface area contributed by atoms with Crippen LogP contribution in [0.2, 0.25) is 0 Å². The molecule has 2 aromatic rings. The highest BCUT2D eigenvalue weighted by Gasteiger charge is 2.24. The van der Waals surface area contributed by atoms with Crippen LogP contribution >= 0.6 is 11.8 Å². The number of nitriles is 1. The minimum Gasteiger partial charge on any atom is -0.493 e. The Bertz CT molecular complexity index is 1020. The number of benzene rings is 2. The molecule has 0 saturated carbocycles. The van der Waals surface area contributed by atoms with Crippen LogP contribution < -0.4 is 14.8 Å². The summed E-state index contributed by atoms with van der Waals surface area (Å²) >= 11 is 1.29. The maximum absolute atomic E-state index is 12.3. The van der Waals surface area contributed by atoms with Gasteiger partial charge in [0.25, 0.3) is 5.91 Å². The van der Waals surface area contributed by atoms with Gasteiger partial charge in [-0.1, -0.05) is 18.2 Å². The maximum Gasteiger partial charge on any atom is 0.264 e. The van der Waals surface area contributed by atoms with Crippen LogP contribution in [0.5, 0.6) is 11.5 Å². The van der Waals surface area contributed by atoms with Gasteiger partial charge in [0.2, 0.25) is 0 Å². The van der Waals surface area contributed by atoms with Crippen molar-refractivity contribution >= 4 is 34.6 Å². The molecule has 1 saturated heterocycles. The molecule has 2 aromatic carbocycles. The van der Waals surface area contributed by atoms with E-state index in [9.17, 15) is 4.79 Å². The number of nitrogens with one attached hydrogen (secondary N) is 1. The standard InChI is InChI=1S/C21H19N3O3S/c1-13-5-4-6-16(14(13)2)23-21-24-20(25)19(28-21)12-15-7-8-17(27-10-9-22)18(11-15)26-3/h4-8,11-12H,10H2,1-3H3,(H,23,24,25)/b19-12-. The predicted octanol–water partition coefficient (Wildman–Crippen LogP) is 4.11. The summed E-state index contributed by atoms with van der Waals surface area (Å²) in [6.45, 7) is 3.98. The fourth-order valence-corrected chi connectivity index (χ4v) is 3.44. The number of aryl methyl sites for hydroxylation is 1. The Morgan fingerprint density at radius 3 is 2.82 bits per heavy atom. The average Bonchev–Trinajstić information content (AvgIpc) is 3.03. The number of hydrogen-bond acceptors (Lipinski definition) is 6. The van der Waals surface area contributed by atoms with Gasteiger partial charge < -0.3 is 14.8 Å². The average molecular weight is 393 g/mol. The Kier molecular flexibility index (Phi) is 6.02. The van der Waals surface area contributed by atoms with E-state index in [2.05, 4.69) is 10.3 Å². The number of thioether (sulfide) groups is 1. The van der Waals surface area contributed by atoms with Crippen molar-refractivity contribution in [3.63, 3.8) is 0 Å².